The zero-order valence-corrected chi connectivity index (χ0v) is 10.3. The van der Waals surface area contributed by atoms with Gasteiger partial charge < -0.3 is 9.84 Å². The summed E-state index contributed by atoms with van der Waals surface area (Å²) in [4.78, 5) is 4.43. The van der Waals surface area contributed by atoms with Gasteiger partial charge in [-0.2, -0.15) is 0 Å². The number of rotatable bonds is 3. The Bertz CT molecular complexity index is 635. The van der Waals surface area contributed by atoms with Gasteiger partial charge in [0.1, 0.15) is 0 Å². The van der Waals surface area contributed by atoms with E-state index < -0.39 is 0 Å². The van der Waals surface area contributed by atoms with Crippen molar-refractivity contribution < 1.29 is 4.52 Å². The molecule has 0 spiro atoms. The van der Waals surface area contributed by atoms with Gasteiger partial charge in [0.2, 0.25) is 0 Å². The molecule has 0 fully saturated rings. The van der Waals surface area contributed by atoms with Crippen molar-refractivity contribution in [2.45, 2.75) is 6.54 Å². The fraction of sp³-hybridized carbons (Fsp3) is 0.0909. The minimum atomic E-state index is 0.577. The van der Waals surface area contributed by atoms with Crippen molar-refractivity contribution in [3.8, 4) is 0 Å². The van der Waals surface area contributed by atoms with E-state index in [1.165, 1.54) is 0 Å². The summed E-state index contributed by atoms with van der Waals surface area (Å²) in [5.74, 6) is 0.780. The molecule has 0 radical (unpaired) electrons. The summed E-state index contributed by atoms with van der Waals surface area (Å²) in [5, 5.41) is 8.37. The second kappa shape index (κ2) is 4.35. The molecule has 0 unspecified atom stereocenters. The normalized spacial score (nSPS) is 10.9. The van der Waals surface area contributed by atoms with Crippen molar-refractivity contribution in [3.63, 3.8) is 0 Å². The summed E-state index contributed by atoms with van der Waals surface area (Å²) in [7, 11) is 0. The lowest BCUT2D eigenvalue weighted by molar-refractivity contribution is 0.388. The van der Waals surface area contributed by atoms with Crippen molar-refractivity contribution in [2.24, 2.45) is 0 Å². The van der Waals surface area contributed by atoms with Crippen LogP contribution in [0.5, 0.6) is 0 Å². The van der Waals surface area contributed by atoms with Gasteiger partial charge in [-0.15, -0.1) is 0 Å². The van der Waals surface area contributed by atoms with E-state index >= 15 is 0 Å². The summed E-state index contributed by atoms with van der Waals surface area (Å²) in [6.45, 7) is 0.577. The van der Waals surface area contributed by atoms with Crippen LogP contribution in [-0.2, 0) is 6.54 Å². The van der Waals surface area contributed by atoms with E-state index in [9.17, 15) is 0 Å². The zero-order chi connectivity index (χ0) is 11.7. The number of hydrogen-bond donors (Lipinski definition) is 1. The summed E-state index contributed by atoms with van der Waals surface area (Å²) in [6.07, 6.45) is 1.62. The van der Waals surface area contributed by atoms with Crippen LogP contribution in [0.1, 0.15) is 5.76 Å². The average molecular weight is 266 g/mol. The van der Waals surface area contributed by atoms with E-state index in [2.05, 4.69) is 15.5 Å². The van der Waals surface area contributed by atoms with E-state index in [0.29, 0.717) is 11.6 Å². The first-order valence-electron chi connectivity index (χ1n) is 5.01. The second-order valence-electron chi connectivity index (χ2n) is 3.46. The third-order valence-corrected chi connectivity index (χ3v) is 3.48. The first kappa shape index (κ1) is 10.6. The molecule has 86 valence electrons. The Hall–Kier alpha value is -1.59. The smallest absolute Gasteiger partial charge is 0.184 e. The average Bonchev–Trinajstić information content (AvgIpc) is 2.94. The van der Waals surface area contributed by atoms with E-state index in [-0.39, 0.29) is 0 Å². The standard InChI is InChI=1S/C11H8ClN3OS/c12-7-1-2-10-9(5-7)15-11(17-10)13-6-8-3-4-14-16-8/h1-5H,6H2,(H,13,15). The van der Waals surface area contributed by atoms with E-state index in [0.717, 1.165) is 21.1 Å². The Balaban J connectivity index is 1.81. The van der Waals surface area contributed by atoms with Crippen molar-refractivity contribution >= 4 is 38.3 Å². The Morgan fingerprint density at radius 2 is 2.29 bits per heavy atom. The molecule has 0 amide bonds. The highest BCUT2D eigenvalue weighted by Crippen LogP contribution is 2.28. The van der Waals surface area contributed by atoms with Gasteiger partial charge in [-0.3, -0.25) is 0 Å². The Morgan fingerprint density at radius 3 is 3.12 bits per heavy atom. The van der Waals surface area contributed by atoms with Gasteiger partial charge in [0, 0.05) is 11.1 Å². The highest BCUT2D eigenvalue weighted by molar-refractivity contribution is 7.22. The lowest BCUT2D eigenvalue weighted by Gasteiger charge is -1.96. The van der Waals surface area contributed by atoms with Crippen LogP contribution in [0.3, 0.4) is 0 Å². The zero-order valence-electron chi connectivity index (χ0n) is 8.68. The predicted molar refractivity (Wildman–Crippen MR) is 68.5 cm³/mol. The third kappa shape index (κ3) is 2.25. The SMILES string of the molecule is Clc1ccc2sc(NCc3ccno3)nc2c1. The Labute approximate surface area is 106 Å². The molecule has 0 saturated carbocycles. The van der Waals surface area contributed by atoms with E-state index in [1.807, 2.05) is 24.3 Å². The van der Waals surface area contributed by atoms with Gasteiger partial charge in [-0.25, -0.2) is 4.98 Å². The van der Waals surface area contributed by atoms with Crippen LogP contribution in [0.4, 0.5) is 5.13 Å². The van der Waals surface area contributed by atoms with Crippen LogP contribution < -0.4 is 5.32 Å². The predicted octanol–water partition coefficient (Wildman–Crippen LogP) is 3.55. The summed E-state index contributed by atoms with van der Waals surface area (Å²) >= 11 is 7.49. The summed E-state index contributed by atoms with van der Waals surface area (Å²) < 4.78 is 6.10. The molecule has 6 heteroatoms. The van der Waals surface area contributed by atoms with Gasteiger partial charge in [0.15, 0.2) is 10.9 Å². The van der Waals surface area contributed by atoms with Gasteiger partial charge in [0.05, 0.1) is 23.0 Å². The maximum absolute atomic E-state index is 5.91. The highest BCUT2D eigenvalue weighted by Gasteiger charge is 2.04. The van der Waals surface area contributed by atoms with Crippen molar-refractivity contribution in [1.82, 2.24) is 10.1 Å². The minimum Gasteiger partial charge on any atom is -0.360 e. The number of anilines is 1. The second-order valence-corrected chi connectivity index (χ2v) is 4.93. The first-order valence-corrected chi connectivity index (χ1v) is 6.20. The molecule has 0 aliphatic carbocycles. The van der Waals surface area contributed by atoms with Gasteiger partial charge in [-0.05, 0) is 18.2 Å². The van der Waals surface area contributed by atoms with Crippen molar-refractivity contribution in [3.05, 3.63) is 41.2 Å². The van der Waals surface area contributed by atoms with Gasteiger partial charge in [0.25, 0.3) is 0 Å². The number of nitrogens with one attached hydrogen (secondary N) is 1. The summed E-state index contributed by atoms with van der Waals surface area (Å²) in [6, 6.07) is 7.50. The molecule has 0 atom stereocenters. The molecule has 2 aromatic heterocycles. The van der Waals surface area contributed by atoms with Gasteiger partial charge >= 0.3 is 0 Å². The van der Waals surface area contributed by atoms with Gasteiger partial charge in [-0.1, -0.05) is 28.1 Å². The van der Waals surface area contributed by atoms with E-state index in [1.54, 1.807) is 17.5 Å². The number of hydrogen-bond acceptors (Lipinski definition) is 5. The molecular weight excluding hydrogens is 258 g/mol. The maximum atomic E-state index is 5.91. The number of nitrogens with zero attached hydrogens (tertiary/aromatic N) is 2. The number of benzene rings is 1. The monoisotopic (exact) mass is 265 g/mol. The fourth-order valence-corrected chi connectivity index (χ4v) is 2.48. The lowest BCUT2D eigenvalue weighted by Crippen LogP contribution is -1.96. The Kier molecular flexibility index (Phi) is 2.70. The van der Waals surface area contributed by atoms with Crippen LogP contribution in [0.2, 0.25) is 5.02 Å². The molecule has 3 rings (SSSR count). The largest absolute Gasteiger partial charge is 0.360 e. The maximum Gasteiger partial charge on any atom is 0.184 e. The number of halogens is 1. The molecule has 4 nitrogen and oxygen atoms in total. The lowest BCUT2D eigenvalue weighted by atomic mass is 10.3. The van der Waals surface area contributed by atoms with Crippen molar-refractivity contribution in [1.29, 1.82) is 0 Å². The molecule has 2 heterocycles. The van der Waals surface area contributed by atoms with Crippen LogP contribution in [-0.4, -0.2) is 10.1 Å². The quantitative estimate of drug-likeness (QED) is 0.787. The molecule has 0 bridgehead atoms. The number of aromatic nitrogens is 2. The van der Waals surface area contributed by atoms with Crippen LogP contribution in [0.15, 0.2) is 35.0 Å². The van der Waals surface area contributed by atoms with Crippen LogP contribution >= 0.6 is 22.9 Å². The van der Waals surface area contributed by atoms with Crippen molar-refractivity contribution in [2.75, 3.05) is 5.32 Å². The van der Waals surface area contributed by atoms with Crippen LogP contribution in [0, 0.1) is 0 Å². The Morgan fingerprint density at radius 1 is 1.35 bits per heavy atom. The van der Waals surface area contributed by atoms with Crippen LogP contribution in [0.25, 0.3) is 10.2 Å². The third-order valence-electron chi connectivity index (χ3n) is 2.25. The molecule has 0 saturated heterocycles. The molecule has 0 aliphatic rings. The fourth-order valence-electron chi connectivity index (χ4n) is 1.47. The molecule has 0 aliphatic heterocycles. The highest BCUT2D eigenvalue weighted by atomic mass is 35.5. The number of fused-ring (bicyclic) bond motifs is 1. The summed E-state index contributed by atoms with van der Waals surface area (Å²) in [5.41, 5.74) is 0.905. The number of thiazole rings is 1. The first-order chi connectivity index (χ1) is 8.31. The molecule has 1 N–H and O–H groups in total. The molecule has 3 aromatic rings. The molecule has 1 aromatic carbocycles. The molecule has 17 heavy (non-hydrogen) atoms. The topological polar surface area (TPSA) is 51.0 Å². The van der Waals surface area contributed by atoms with E-state index in [4.69, 9.17) is 16.1 Å². The molecular formula is C11H8ClN3OS. The minimum absolute atomic E-state index is 0.577.